The maximum atomic E-state index is 12.9. The van der Waals surface area contributed by atoms with Gasteiger partial charge >= 0.3 is 13.8 Å². The van der Waals surface area contributed by atoms with Gasteiger partial charge in [-0.1, -0.05) is 217 Å². The number of phosphoric acid groups is 1. The second-order valence-electron chi connectivity index (χ2n) is 19.1. The highest BCUT2D eigenvalue weighted by atomic mass is 31.2. The van der Waals surface area contributed by atoms with Crippen molar-refractivity contribution < 1.29 is 58.3 Å². The molecule has 1 fully saturated rings. The summed E-state index contributed by atoms with van der Waals surface area (Å²) in [4.78, 5) is 23.3. The summed E-state index contributed by atoms with van der Waals surface area (Å²) in [5.41, 5.74) is 0. The lowest BCUT2D eigenvalue weighted by Gasteiger charge is -2.41. The molecule has 0 heterocycles. The zero-order chi connectivity index (χ0) is 49.1. The predicted octanol–water partition coefficient (Wildman–Crippen LogP) is 12.6. The number of carbonyl (C=O) groups is 1. The van der Waals surface area contributed by atoms with E-state index in [4.69, 9.17) is 18.5 Å². The lowest BCUT2D eigenvalue weighted by atomic mass is 9.85. The number of aliphatic hydroxyl groups excluding tert-OH is 5. The Morgan fingerprint density at radius 1 is 0.478 bits per heavy atom. The molecule has 6 N–H and O–H groups in total. The highest BCUT2D eigenvalue weighted by Gasteiger charge is 2.51. The predicted molar refractivity (Wildman–Crippen MR) is 272 cm³/mol. The minimum atomic E-state index is -5.03. The van der Waals surface area contributed by atoms with E-state index >= 15 is 0 Å². The van der Waals surface area contributed by atoms with E-state index in [2.05, 4.69) is 50.3 Å². The van der Waals surface area contributed by atoms with Gasteiger partial charge in [0.2, 0.25) is 0 Å². The first-order valence-electron chi connectivity index (χ1n) is 27.3. The molecule has 12 nitrogen and oxygen atoms in total. The van der Waals surface area contributed by atoms with Gasteiger partial charge in [0.05, 0.1) is 13.2 Å². The van der Waals surface area contributed by atoms with Crippen LogP contribution in [0.3, 0.4) is 0 Å². The van der Waals surface area contributed by atoms with Crippen LogP contribution in [0.2, 0.25) is 0 Å². The van der Waals surface area contributed by atoms with Gasteiger partial charge in [-0.25, -0.2) is 4.57 Å². The van der Waals surface area contributed by atoms with Gasteiger partial charge in [0.25, 0.3) is 0 Å². The van der Waals surface area contributed by atoms with Crippen molar-refractivity contribution in [3.05, 3.63) is 36.5 Å². The maximum absolute atomic E-state index is 12.9. The quantitative estimate of drug-likeness (QED) is 0.0147. The molecule has 6 atom stereocenters. The Morgan fingerprint density at radius 3 is 1.30 bits per heavy atom. The SMILES string of the molecule is CCCCC/C=C\C/C=C\C/C=C\CCCCCCCCCOCC(COP(=O)(O)OC1C(O)C(O)C(O)C(O)C1O)OC(=O)CCCCCCCCCCCCCCCCCCCCCC. The van der Waals surface area contributed by atoms with Crippen LogP contribution in [0.25, 0.3) is 0 Å². The van der Waals surface area contributed by atoms with Crippen molar-refractivity contribution in [2.75, 3.05) is 19.8 Å². The lowest BCUT2D eigenvalue weighted by Crippen LogP contribution is -2.64. The van der Waals surface area contributed by atoms with Crippen LogP contribution in [-0.4, -0.2) is 98.9 Å². The van der Waals surface area contributed by atoms with E-state index in [-0.39, 0.29) is 13.0 Å². The van der Waals surface area contributed by atoms with Crippen LogP contribution in [0.15, 0.2) is 36.5 Å². The fourth-order valence-corrected chi connectivity index (χ4v) is 9.40. The van der Waals surface area contributed by atoms with E-state index in [9.17, 15) is 39.8 Å². The normalized spacial score (nSPS) is 21.5. The molecule has 1 aliphatic carbocycles. The van der Waals surface area contributed by atoms with Crippen LogP contribution in [0.4, 0.5) is 0 Å². The molecule has 0 amide bonds. The van der Waals surface area contributed by atoms with Crippen LogP contribution >= 0.6 is 7.82 Å². The lowest BCUT2D eigenvalue weighted by molar-refractivity contribution is -0.220. The Kier molecular flexibility index (Phi) is 42.2. The van der Waals surface area contributed by atoms with E-state index in [1.165, 1.54) is 148 Å². The number of hydrogen-bond acceptors (Lipinski definition) is 11. The molecule has 0 spiro atoms. The molecule has 13 heteroatoms. The van der Waals surface area contributed by atoms with Gasteiger partial charge in [0.15, 0.2) is 0 Å². The van der Waals surface area contributed by atoms with Crippen molar-refractivity contribution in [2.45, 2.75) is 281 Å². The average molecular weight is 973 g/mol. The molecular formula is C54H101O12P. The monoisotopic (exact) mass is 973 g/mol. The molecule has 0 saturated heterocycles. The third kappa shape index (κ3) is 36.2. The molecule has 0 aromatic carbocycles. The molecule has 0 aromatic rings. The number of carbonyl (C=O) groups excluding carboxylic acids is 1. The number of aliphatic hydroxyl groups is 5. The average Bonchev–Trinajstić information content (AvgIpc) is 3.31. The van der Waals surface area contributed by atoms with Crippen molar-refractivity contribution in [1.82, 2.24) is 0 Å². The summed E-state index contributed by atoms with van der Waals surface area (Å²) in [7, 11) is -5.03. The summed E-state index contributed by atoms with van der Waals surface area (Å²) in [6.07, 6.45) is 42.1. The zero-order valence-electron chi connectivity index (χ0n) is 42.5. The molecule has 6 unspecified atom stereocenters. The van der Waals surface area contributed by atoms with E-state index in [1.54, 1.807) is 0 Å². The van der Waals surface area contributed by atoms with Gasteiger partial charge in [-0.2, -0.15) is 0 Å². The molecule has 1 saturated carbocycles. The molecule has 1 rings (SSSR count). The number of hydrogen-bond donors (Lipinski definition) is 6. The fraction of sp³-hybridized carbons (Fsp3) is 0.870. The molecule has 394 valence electrons. The molecule has 0 aliphatic heterocycles. The van der Waals surface area contributed by atoms with Crippen molar-refractivity contribution in [1.29, 1.82) is 0 Å². The van der Waals surface area contributed by atoms with Gasteiger partial charge in [-0.05, 0) is 51.4 Å². The maximum Gasteiger partial charge on any atom is 0.472 e. The first kappa shape index (κ1) is 63.6. The number of esters is 1. The fourth-order valence-electron chi connectivity index (χ4n) is 8.42. The van der Waals surface area contributed by atoms with Crippen LogP contribution < -0.4 is 0 Å². The molecular weight excluding hydrogens is 872 g/mol. The number of unbranched alkanes of at least 4 members (excludes halogenated alkanes) is 29. The largest absolute Gasteiger partial charge is 0.472 e. The van der Waals surface area contributed by atoms with Crippen molar-refractivity contribution in [3.63, 3.8) is 0 Å². The minimum absolute atomic E-state index is 0.0806. The van der Waals surface area contributed by atoms with Crippen LogP contribution in [0.5, 0.6) is 0 Å². The van der Waals surface area contributed by atoms with Gasteiger partial charge in [-0.3, -0.25) is 13.8 Å². The van der Waals surface area contributed by atoms with Gasteiger partial charge < -0.3 is 39.9 Å². The van der Waals surface area contributed by atoms with Crippen LogP contribution in [0.1, 0.15) is 239 Å². The first-order valence-corrected chi connectivity index (χ1v) is 28.8. The third-order valence-electron chi connectivity index (χ3n) is 12.8. The van der Waals surface area contributed by atoms with E-state index in [0.29, 0.717) is 13.0 Å². The molecule has 67 heavy (non-hydrogen) atoms. The van der Waals surface area contributed by atoms with E-state index < -0.39 is 63.1 Å². The van der Waals surface area contributed by atoms with Crippen LogP contribution in [0, 0.1) is 0 Å². The number of ether oxygens (including phenoxy) is 2. The second kappa shape index (κ2) is 44.5. The third-order valence-corrected chi connectivity index (χ3v) is 13.8. The Labute approximate surface area is 408 Å². The molecule has 0 aromatic heterocycles. The molecule has 1 aliphatic rings. The summed E-state index contributed by atoms with van der Waals surface area (Å²) in [6.45, 7) is 4.25. The summed E-state index contributed by atoms with van der Waals surface area (Å²) >= 11 is 0. The van der Waals surface area contributed by atoms with Crippen molar-refractivity contribution in [3.8, 4) is 0 Å². The standard InChI is InChI=1S/C54H101O12P/c1-3-5-7-9-11-13-15-17-19-21-23-25-27-29-31-33-35-37-39-41-43-48(55)65-47(46-64-67(61,62)66-54-52(59)50(57)49(56)51(58)53(54)60)45-63-44-42-40-38-36-34-32-30-28-26-24-22-20-18-16-14-12-10-8-6-4-2/h12,14,18,20,24,26,47,49-54,56-60H,3-11,13,15-17,19,21-23,25,27-46H2,1-2H3,(H,61,62)/b14-12-,20-18-,26-24-. The molecule has 0 radical (unpaired) electrons. The Bertz CT molecular complexity index is 1250. The minimum Gasteiger partial charge on any atom is -0.457 e. The van der Waals surface area contributed by atoms with E-state index in [0.717, 1.165) is 64.2 Å². The second-order valence-corrected chi connectivity index (χ2v) is 20.5. The Balaban J connectivity index is 2.32. The number of allylic oxidation sites excluding steroid dienone is 6. The Hall–Kier alpha value is -1.44. The topological polar surface area (TPSA) is 192 Å². The zero-order valence-corrected chi connectivity index (χ0v) is 43.4. The summed E-state index contributed by atoms with van der Waals surface area (Å²) in [5, 5.41) is 50.4. The first-order chi connectivity index (χ1) is 32.5. The molecule has 0 bridgehead atoms. The number of phosphoric ester groups is 1. The van der Waals surface area contributed by atoms with E-state index in [1.807, 2.05) is 0 Å². The highest BCUT2D eigenvalue weighted by molar-refractivity contribution is 7.47. The van der Waals surface area contributed by atoms with Crippen molar-refractivity contribution >= 4 is 13.8 Å². The van der Waals surface area contributed by atoms with Crippen LogP contribution in [-0.2, 0) is 27.9 Å². The van der Waals surface area contributed by atoms with Gasteiger partial charge in [0.1, 0.15) is 42.7 Å². The van der Waals surface area contributed by atoms with Gasteiger partial charge in [-0.15, -0.1) is 0 Å². The summed E-state index contributed by atoms with van der Waals surface area (Å²) < 4.78 is 34.4. The highest BCUT2D eigenvalue weighted by Crippen LogP contribution is 2.47. The number of rotatable bonds is 47. The Morgan fingerprint density at radius 2 is 0.836 bits per heavy atom. The summed E-state index contributed by atoms with van der Waals surface area (Å²) in [6, 6.07) is 0. The smallest absolute Gasteiger partial charge is 0.457 e. The van der Waals surface area contributed by atoms with Gasteiger partial charge in [0, 0.05) is 13.0 Å². The van der Waals surface area contributed by atoms with Crippen molar-refractivity contribution in [2.24, 2.45) is 0 Å². The summed E-state index contributed by atoms with van der Waals surface area (Å²) in [5.74, 6) is -0.476.